The molecule has 2 rings (SSSR count). The Hall–Kier alpha value is 0.435. The van der Waals surface area contributed by atoms with E-state index >= 15 is 0 Å². The maximum Gasteiger partial charge on any atom is 0.359 e. The van der Waals surface area contributed by atoms with Gasteiger partial charge in [-0.15, -0.1) is 0 Å². The molecule has 2 saturated carbocycles. The molecule has 0 saturated heterocycles. The first-order chi connectivity index (χ1) is 14.9. The molecule has 0 amide bonds. The number of hydrogen-bond donors (Lipinski definition) is 0. The lowest BCUT2D eigenvalue weighted by molar-refractivity contribution is 0.146. The van der Waals surface area contributed by atoms with E-state index in [1.165, 1.54) is 51.2 Å². The third-order valence-electron chi connectivity index (χ3n) is 8.23. The van der Waals surface area contributed by atoms with Crippen LogP contribution < -0.4 is 0 Å². The predicted molar refractivity (Wildman–Crippen MR) is 150 cm³/mol. The van der Waals surface area contributed by atoms with Gasteiger partial charge in [0.1, 0.15) is 5.09 Å². The minimum absolute atomic E-state index is 0.157. The average molecular weight is 528 g/mol. The van der Waals surface area contributed by atoms with Gasteiger partial charge in [0.15, 0.2) is 0 Å². The molecule has 0 N–H and O–H groups in total. The lowest BCUT2D eigenvalue weighted by Crippen LogP contribution is -2.36. The highest BCUT2D eigenvalue weighted by atomic mass is 79.9. The van der Waals surface area contributed by atoms with Crippen LogP contribution in [0.1, 0.15) is 101 Å². The topological polar surface area (TPSA) is 9.23 Å². The highest BCUT2D eigenvalue weighted by molar-refractivity contribution is 9.11. The van der Waals surface area contributed by atoms with Crippen molar-refractivity contribution in [1.82, 2.24) is 0 Å². The Morgan fingerprint density at radius 2 is 1.34 bits per heavy atom. The van der Waals surface area contributed by atoms with Crippen LogP contribution in [0.4, 0.5) is 0 Å². The van der Waals surface area contributed by atoms with Crippen LogP contribution in [0, 0.1) is 47.3 Å². The Labute approximate surface area is 214 Å². The molecule has 0 aromatic rings. The molecule has 0 spiro atoms. The molecule has 6 atom stereocenters. The monoisotopic (exact) mass is 526 g/mol. The Kier molecular flexibility index (Phi) is 11.6. The van der Waals surface area contributed by atoms with Crippen LogP contribution in [-0.2, 0) is 4.65 Å². The molecule has 186 valence electrons. The number of rotatable bonds is 9. The van der Waals surface area contributed by atoms with E-state index in [2.05, 4.69) is 78.2 Å². The van der Waals surface area contributed by atoms with Gasteiger partial charge in [0, 0.05) is 9.73 Å². The van der Waals surface area contributed by atoms with Crippen LogP contribution in [0.25, 0.3) is 0 Å². The van der Waals surface area contributed by atoms with Crippen LogP contribution >= 0.6 is 27.7 Å². The smallest absolute Gasteiger partial charge is 0.359 e. The van der Waals surface area contributed by atoms with Crippen molar-refractivity contribution >= 4 is 34.6 Å². The maximum atomic E-state index is 6.89. The van der Waals surface area contributed by atoms with E-state index in [9.17, 15) is 0 Å². The van der Waals surface area contributed by atoms with Gasteiger partial charge in [-0.3, -0.25) is 0 Å². The summed E-state index contributed by atoms with van der Waals surface area (Å²) in [6, 6.07) is 0. The van der Waals surface area contributed by atoms with Crippen molar-refractivity contribution in [3.05, 3.63) is 10.1 Å². The molecule has 32 heavy (non-hydrogen) atoms. The fourth-order valence-corrected chi connectivity index (χ4v) is 7.97. The Bertz CT molecular complexity index is 550. The van der Waals surface area contributed by atoms with Gasteiger partial charge in [0.25, 0.3) is 0 Å². The number of hydrogen-bond acceptors (Lipinski definition) is 2. The number of thioether (sulfide) groups is 1. The highest BCUT2D eigenvalue weighted by Crippen LogP contribution is 2.45. The summed E-state index contributed by atoms with van der Waals surface area (Å²) in [4.78, 5) is 2.03. The highest BCUT2D eigenvalue weighted by Gasteiger charge is 2.39. The van der Waals surface area contributed by atoms with Gasteiger partial charge >= 0.3 is 6.92 Å². The Morgan fingerprint density at radius 1 is 0.906 bits per heavy atom. The van der Waals surface area contributed by atoms with Gasteiger partial charge < -0.3 is 4.65 Å². The summed E-state index contributed by atoms with van der Waals surface area (Å²) in [6.45, 7) is 21.9. The summed E-state index contributed by atoms with van der Waals surface area (Å²) in [6.07, 6.45) is 10.9. The molecule has 2 aliphatic carbocycles. The van der Waals surface area contributed by atoms with E-state index in [1.807, 2.05) is 16.7 Å². The molecular weight excluding hydrogens is 475 g/mol. The van der Waals surface area contributed by atoms with Gasteiger partial charge in [0.05, 0.1) is 0 Å². The Morgan fingerprint density at radius 3 is 1.69 bits per heavy atom. The Balaban J connectivity index is 2.23. The minimum Gasteiger partial charge on any atom is -0.556 e. The molecule has 1 nitrogen and oxygen atoms in total. The third kappa shape index (κ3) is 9.24. The van der Waals surface area contributed by atoms with Crippen molar-refractivity contribution in [2.45, 2.75) is 118 Å². The zero-order chi connectivity index (χ0) is 24.1. The van der Waals surface area contributed by atoms with E-state index in [-0.39, 0.29) is 4.75 Å². The van der Waals surface area contributed by atoms with Crippen LogP contribution in [0.5, 0.6) is 0 Å². The van der Waals surface area contributed by atoms with Crippen LogP contribution in [0.3, 0.4) is 0 Å². The average Bonchev–Trinajstić information content (AvgIpc) is 2.65. The van der Waals surface area contributed by atoms with Crippen LogP contribution in [0.2, 0.25) is 12.6 Å². The van der Waals surface area contributed by atoms with Crippen molar-refractivity contribution in [1.29, 1.82) is 0 Å². The predicted octanol–water partition coefficient (Wildman–Crippen LogP) is 10.1. The fraction of sp³-hybridized carbons (Fsp3) is 0.929. The van der Waals surface area contributed by atoms with Crippen LogP contribution in [-0.4, -0.2) is 11.7 Å². The van der Waals surface area contributed by atoms with Gasteiger partial charge in [0.2, 0.25) is 0 Å². The van der Waals surface area contributed by atoms with Crippen molar-refractivity contribution in [2.75, 3.05) is 0 Å². The molecule has 0 heterocycles. The van der Waals surface area contributed by atoms with Gasteiger partial charge in [-0.2, -0.15) is 0 Å². The van der Waals surface area contributed by atoms with E-state index < -0.39 is 0 Å². The standard InChI is InChI=1S/C28H52BBrOS/c1-19(2)25-12-10-21(5)14-23(25)16-29(31-27(18-30)32-28(7,8)9)17-24-15-22(6)11-13-26(24)20(3)4/h18-26H,10-17H2,1-9H3/b27-18-/t21-,22-,23-,24-,25+,26+/m0/s1. The molecule has 0 radical (unpaired) electrons. The zero-order valence-corrected chi connectivity index (χ0v) is 25.0. The molecule has 0 unspecified atom stereocenters. The molecular formula is C28H52BBrOS. The largest absolute Gasteiger partial charge is 0.556 e. The number of halogens is 1. The second kappa shape index (κ2) is 12.9. The summed E-state index contributed by atoms with van der Waals surface area (Å²) in [7, 11) is 0. The van der Waals surface area contributed by atoms with Crippen LogP contribution in [0.15, 0.2) is 10.1 Å². The van der Waals surface area contributed by atoms with E-state index in [4.69, 9.17) is 4.65 Å². The van der Waals surface area contributed by atoms with Gasteiger partial charge in [-0.05, 0) is 85.7 Å². The normalized spacial score (nSPS) is 32.4. The van der Waals surface area contributed by atoms with Crippen molar-refractivity contribution in [2.24, 2.45) is 47.3 Å². The molecule has 0 aliphatic heterocycles. The zero-order valence-electron chi connectivity index (χ0n) is 22.6. The third-order valence-corrected chi connectivity index (χ3v) is 9.98. The molecule has 0 aromatic heterocycles. The summed E-state index contributed by atoms with van der Waals surface area (Å²) in [5.41, 5.74) is 0. The second-order valence-electron chi connectivity index (χ2n) is 13.0. The minimum atomic E-state index is 0.157. The molecule has 2 aliphatic rings. The molecule has 0 aromatic carbocycles. The second-order valence-corrected chi connectivity index (χ2v) is 15.3. The van der Waals surface area contributed by atoms with E-state index in [0.717, 1.165) is 52.4 Å². The molecule has 2 fully saturated rings. The first-order valence-electron chi connectivity index (χ1n) is 13.6. The van der Waals surface area contributed by atoms with E-state index in [0.29, 0.717) is 6.92 Å². The summed E-state index contributed by atoms with van der Waals surface area (Å²) < 4.78 is 7.04. The maximum absolute atomic E-state index is 6.89. The van der Waals surface area contributed by atoms with Gasteiger partial charge in [-0.1, -0.05) is 103 Å². The lowest BCUT2D eigenvalue weighted by Gasteiger charge is -2.41. The summed E-state index contributed by atoms with van der Waals surface area (Å²) >= 11 is 5.49. The van der Waals surface area contributed by atoms with Gasteiger partial charge in [-0.25, -0.2) is 0 Å². The summed E-state index contributed by atoms with van der Waals surface area (Å²) in [5.74, 6) is 6.61. The van der Waals surface area contributed by atoms with Crippen molar-refractivity contribution < 1.29 is 4.65 Å². The molecule has 0 bridgehead atoms. The SMILES string of the molecule is CC(C)[C@H]1CC[C@H](C)C[C@H]1CB(C[C@@H]1C[C@@H](C)CC[C@@H]1C(C)C)O/C(=C/Br)SC(C)(C)C. The first-order valence-corrected chi connectivity index (χ1v) is 15.3. The van der Waals surface area contributed by atoms with Crippen molar-refractivity contribution in [3.63, 3.8) is 0 Å². The van der Waals surface area contributed by atoms with E-state index in [1.54, 1.807) is 0 Å². The summed E-state index contributed by atoms with van der Waals surface area (Å²) in [5, 5.41) is 1.07. The lowest BCUT2D eigenvalue weighted by atomic mass is 9.49. The van der Waals surface area contributed by atoms with Crippen molar-refractivity contribution in [3.8, 4) is 0 Å². The first kappa shape index (κ1) is 28.7. The molecule has 4 heteroatoms. The quantitative estimate of drug-likeness (QED) is 0.218. The fourth-order valence-electron chi connectivity index (χ4n) is 6.75.